The van der Waals surface area contributed by atoms with Crippen molar-refractivity contribution >= 4 is 30.9 Å². The van der Waals surface area contributed by atoms with Crippen molar-refractivity contribution < 1.29 is 0 Å². The van der Waals surface area contributed by atoms with Crippen molar-refractivity contribution in [3.05, 3.63) is 35.4 Å². The Balaban J connectivity index is 3.03. The van der Waals surface area contributed by atoms with Crippen molar-refractivity contribution in [2.24, 2.45) is 0 Å². The van der Waals surface area contributed by atoms with Crippen molar-refractivity contribution in [1.82, 2.24) is 0 Å². The molecule has 0 aromatic heterocycles. The Labute approximate surface area is 79.2 Å². The number of hydrogen-bond donors (Lipinski definition) is 0. The van der Waals surface area contributed by atoms with Crippen molar-refractivity contribution in [2.75, 3.05) is 0 Å². The van der Waals surface area contributed by atoms with Gasteiger partial charge >= 0.3 is 79.1 Å². The molecule has 0 radical (unpaired) electrons. The van der Waals surface area contributed by atoms with Gasteiger partial charge in [0.1, 0.15) is 0 Å². The molecule has 0 atom stereocenters. The SMILES string of the molecule is C[Se]C(=S)c1ccccc1C. The summed E-state index contributed by atoms with van der Waals surface area (Å²) in [6, 6.07) is 8.29. The molecule has 0 aliphatic heterocycles. The van der Waals surface area contributed by atoms with Crippen LogP contribution in [0.1, 0.15) is 11.1 Å². The van der Waals surface area contributed by atoms with Gasteiger partial charge in [-0.25, -0.2) is 0 Å². The summed E-state index contributed by atoms with van der Waals surface area (Å²) >= 11 is 5.70. The third-order valence-corrected chi connectivity index (χ3v) is 3.88. The summed E-state index contributed by atoms with van der Waals surface area (Å²) < 4.78 is 1.12. The minimum atomic E-state index is 0.460. The molecule has 1 aromatic rings. The zero-order valence-electron chi connectivity index (χ0n) is 6.63. The Morgan fingerprint density at radius 3 is 2.55 bits per heavy atom. The molecule has 0 aliphatic carbocycles. The summed E-state index contributed by atoms with van der Waals surface area (Å²) in [7, 11) is 0. The maximum absolute atomic E-state index is 5.24. The van der Waals surface area contributed by atoms with E-state index in [1.807, 2.05) is 12.1 Å². The fraction of sp³-hybridized carbons (Fsp3) is 0.222. The van der Waals surface area contributed by atoms with Gasteiger partial charge in [-0.15, -0.1) is 0 Å². The van der Waals surface area contributed by atoms with Crippen LogP contribution in [0.15, 0.2) is 24.3 Å². The zero-order valence-corrected chi connectivity index (χ0v) is 9.16. The summed E-state index contributed by atoms with van der Waals surface area (Å²) in [5.74, 6) is 2.15. The van der Waals surface area contributed by atoms with Crippen LogP contribution in [0.4, 0.5) is 0 Å². The van der Waals surface area contributed by atoms with Crippen LogP contribution in [0.2, 0.25) is 5.82 Å². The van der Waals surface area contributed by atoms with Gasteiger partial charge in [0, 0.05) is 0 Å². The third-order valence-electron chi connectivity index (χ3n) is 1.55. The van der Waals surface area contributed by atoms with Gasteiger partial charge in [-0.1, -0.05) is 0 Å². The second-order valence-corrected chi connectivity index (χ2v) is 5.01. The molecule has 0 bridgehead atoms. The van der Waals surface area contributed by atoms with Crippen LogP contribution in [0.25, 0.3) is 0 Å². The van der Waals surface area contributed by atoms with E-state index in [1.165, 1.54) is 11.1 Å². The van der Waals surface area contributed by atoms with Gasteiger partial charge in [-0.05, 0) is 0 Å². The van der Waals surface area contributed by atoms with Crippen molar-refractivity contribution in [2.45, 2.75) is 12.7 Å². The number of thiocarbonyl (C=S) groups is 1. The average molecular weight is 229 g/mol. The van der Waals surface area contributed by atoms with E-state index >= 15 is 0 Å². The Morgan fingerprint density at radius 1 is 1.36 bits per heavy atom. The van der Waals surface area contributed by atoms with Crippen LogP contribution in [0, 0.1) is 6.92 Å². The van der Waals surface area contributed by atoms with E-state index in [1.54, 1.807) is 0 Å². The second-order valence-electron chi connectivity index (χ2n) is 2.31. The number of benzene rings is 1. The Kier molecular flexibility index (Phi) is 3.25. The number of rotatable bonds is 2. The van der Waals surface area contributed by atoms with Gasteiger partial charge in [-0.2, -0.15) is 0 Å². The molecule has 0 N–H and O–H groups in total. The predicted octanol–water partition coefficient (Wildman–Crippen LogP) is 2.42. The van der Waals surface area contributed by atoms with E-state index in [0.717, 1.165) is 3.76 Å². The van der Waals surface area contributed by atoms with E-state index < -0.39 is 0 Å². The Hall–Kier alpha value is -0.171. The monoisotopic (exact) mass is 230 g/mol. The Bertz CT molecular complexity index is 268. The molecule has 0 heterocycles. The normalized spacial score (nSPS) is 9.64. The summed E-state index contributed by atoms with van der Waals surface area (Å²) in [5, 5.41) is 0. The molecular formula is C9H10SSe. The first-order chi connectivity index (χ1) is 5.25. The van der Waals surface area contributed by atoms with Crippen LogP contribution in [-0.4, -0.2) is 18.7 Å². The molecule has 0 amide bonds. The number of aryl methyl sites for hydroxylation is 1. The molecule has 0 saturated carbocycles. The van der Waals surface area contributed by atoms with Crippen LogP contribution in [0.5, 0.6) is 0 Å². The van der Waals surface area contributed by atoms with E-state index in [2.05, 4.69) is 24.9 Å². The molecule has 1 rings (SSSR count). The molecule has 1 aromatic carbocycles. The van der Waals surface area contributed by atoms with Crippen molar-refractivity contribution in [3.63, 3.8) is 0 Å². The van der Waals surface area contributed by atoms with Gasteiger partial charge in [0.25, 0.3) is 0 Å². The summed E-state index contributed by atoms with van der Waals surface area (Å²) in [5.41, 5.74) is 2.55. The van der Waals surface area contributed by atoms with Crippen molar-refractivity contribution in [1.29, 1.82) is 0 Å². The van der Waals surface area contributed by atoms with Crippen molar-refractivity contribution in [3.8, 4) is 0 Å². The first kappa shape index (κ1) is 8.92. The Morgan fingerprint density at radius 2 is 2.00 bits per heavy atom. The van der Waals surface area contributed by atoms with E-state index in [0.29, 0.717) is 15.0 Å². The molecule has 0 fully saturated rings. The van der Waals surface area contributed by atoms with E-state index in [4.69, 9.17) is 12.2 Å². The zero-order chi connectivity index (χ0) is 8.27. The van der Waals surface area contributed by atoms with Crippen LogP contribution < -0.4 is 0 Å². The van der Waals surface area contributed by atoms with E-state index in [-0.39, 0.29) is 0 Å². The molecule has 0 aliphatic rings. The standard InChI is InChI=1S/C9H10SSe/c1-7-5-3-4-6-8(7)9(10)11-2/h3-6H,1-2H3. The quantitative estimate of drug-likeness (QED) is 0.554. The summed E-state index contributed by atoms with van der Waals surface area (Å²) in [6.07, 6.45) is 0. The molecule has 58 valence electrons. The fourth-order valence-electron chi connectivity index (χ4n) is 0.912. The van der Waals surface area contributed by atoms with E-state index in [9.17, 15) is 0 Å². The molecule has 2 heteroatoms. The fourth-order valence-corrected chi connectivity index (χ4v) is 2.08. The molecule has 11 heavy (non-hydrogen) atoms. The van der Waals surface area contributed by atoms with Gasteiger partial charge in [-0.3, -0.25) is 0 Å². The minimum absolute atomic E-state index is 0.460. The molecular weight excluding hydrogens is 219 g/mol. The van der Waals surface area contributed by atoms with Gasteiger partial charge in [0.2, 0.25) is 0 Å². The van der Waals surface area contributed by atoms with Crippen LogP contribution >= 0.6 is 12.2 Å². The van der Waals surface area contributed by atoms with Crippen LogP contribution in [0.3, 0.4) is 0 Å². The van der Waals surface area contributed by atoms with Gasteiger partial charge in [0.15, 0.2) is 0 Å². The average Bonchev–Trinajstić information content (AvgIpc) is 2.04. The first-order valence-corrected chi connectivity index (χ1v) is 6.37. The van der Waals surface area contributed by atoms with Gasteiger partial charge in [0.05, 0.1) is 0 Å². The first-order valence-electron chi connectivity index (χ1n) is 3.39. The third kappa shape index (κ3) is 2.13. The second kappa shape index (κ2) is 4.01. The molecule has 0 saturated heterocycles. The maximum atomic E-state index is 5.24. The topological polar surface area (TPSA) is 0 Å². The molecule has 0 nitrogen and oxygen atoms in total. The summed E-state index contributed by atoms with van der Waals surface area (Å²) in [4.78, 5) is 0. The molecule has 0 unspecified atom stereocenters. The number of hydrogen-bond acceptors (Lipinski definition) is 1. The van der Waals surface area contributed by atoms with Gasteiger partial charge < -0.3 is 0 Å². The predicted molar refractivity (Wildman–Crippen MR) is 54.5 cm³/mol. The summed E-state index contributed by atoms with van der Waals surface area (Å²) in [6.45, 7) is 2.10. The van der Waals surface area contributed by atoms with Crippen LogP contribution in [-0.2, 0) is 0 Å². The molecule has 0 spiro atoms.